The van der Waals surface area contributed by atoms with E-state index in [2.05, 4.69) is 0 Å². The summed E-state index contributed by atoms with van der Waals surface area (Å²) in [4.78, 5) is 25.2. The summed E-state index contributed by atoms with van der Waals surface area (Å²) in [5, 5.41) is 9.06. The summed E-state index contributed by atoms with van der Waals surface area (Å²) < 4.78 is 25.3. The van der Waals surface area contributed by atoms with Gasteiger partial charge in [-0.3, -0.25) is 9.59 Å². The average molecular weight is 373 g/mol. The minimum Gasteiger partial charge on any atom is -0.481 e. The van der Waals surface area contributed by atoms with Crippen LogP contribution in [0.5, 0.6) is 0 Å². The van der Waals surface area contributed by atoms with Crippen molar-refractivity contribution in [3.63, 3.8) is 0 Å². The Kier molecular flexibility index (Phi) is 5.08. The fourth-order valence-electron chi connectivity index (χ4n) is 3.03. The van der Waals surface area contributed by atoms with Crippen LogP contribution in [0.3, 0.4) is 0 Å². The molecule has 0 bridgehead atoms. The molecule has 3 rings (SSSR count). The van der Waals surface area contributed by atoms with Gasteiger partial charge in [0.25, 0.3) is 5.91 Å². The SMILES string of the molecule is O=C(O)[C@@H]1CCN(C(=O)c2cccc(S(=O)(=O)Cc3ccccc3)c2)C1. The maximum atomic E-state index is 12.6. The first-order valence-electron chi connectivity index (χ1n) is 8.25. The number of hydrogen-bond donors (Lipinski definition) is 1. The predicted molar refractivity (Wildman–Crippen MR) is 95.4 cm³/mol. The van der Waals surface area contributed by atoms with Crippen LogP contribution in [0.4, 0.5) is 0 Å². The lowest BCUT2D eigenvalue weighted by Crippen LogP contribution is -2.30. The Hall–Kier alpha value is -2.67. The van der Waals surface area contributed by atoms with Gasteiger partial charge < -0.3 is 10.0 Å². The van der Waals surface area contributed by atoms with Gasteiger partial charge in [0.2, 0.25) is 0 Å². The molecule has 2 aromatic rings. The Morgan fingerprint density at radius 3 is 2.46 bits per heavy atom. The molecule has 6 nitrogen and oxygen atoms in total. The molecule has 0 aromatic heterocycles. The van der Waals surface area contributed by atoms with Crippen LogP contribution < -0.4 is 0 Å². The van der Waals surface area contributed by atoms with Crippen LogP contribution in [-0.4, -0.2) is 43.4 Å². The van der Waals surface area contributed by atoms with Crippen molar-refractivity contribution in [1.82, 2.24) is 4.90 Å². The number of benzene rings is 2. The minimum absolute atomic E-state index is 0.0844. The molecule has 1 aliphatic heterocycles. The van der Waals surface area contributed by atoms with Crippen molar-refractivity contribution in [1.29, 1.82) is 0 Å². The molecule has 1 amide bonds. The van der Waals surface area contributed by atoms with Gasteiger partial charge in [-0.25, -0.2) is 8.42 Å². The van der Waals surface area contributed by atoms with Gasteiger partial charge in [-0.1, -0.05) is 36.4 Å². The van der Waals surface area contributed by atoms with Crippen molar-refractivity contribution in [2.75, 3.05) is 13.1 Å². The summed E-state index contributed by atoms with van der Waals surface area (Å²) in [5.41, 5.74) is 0.929. The molecule has 26 heavy (non-hydrogen) atoms. The number of carboxylic acid groups (broad SMARTS) is 1. The van der Waals surface area contributed by atoms with E-state index in [-0.39, 0.29) is 28.7 Å². The molecule has 1 atom stereocenters. The first-order valence-corrected chi connectivity index (χ1v) is 9.91. The predicted octanol–water partition coefficient (Wildman–Crippen LogP) is 2.21. The first-order chi connectivity index (χ1) is 12.4. The van der Waals surface area contributed by atoms with Crippen LogP contribution in [-0.2, 0) is 20.4 Å². The molecular weight excluding hydrogens is 354 g/mol. The smallest absolute Gasteiger partial charge is 0.308 e. The van der Waals surface area contributed by atoms with Gasteiger partial charge in [-0.2, -0.15) is 0 Å². The number of rotatable bonds is 5. The number of sulfone groups is 1. The minimum atomic E-state index is -3.58. The molecule has 1 heterocycles. The van der Waals surface area contributed by atoms with Crippen molar-refractivity contribution >= 4 is 21.7 Å². The number of likely N-dealkylation sites (tertiary alicyclic amines) is 1. The number of nitrogens with zero attached hydrogens (tertiary/aromatic N) is 1. The topological polar surface area (TPSA) is 91.8 Å². The Balaban J connectivity index is 1.80. The molecule has 0 aliphatic carbocycles. The van der Waals surface area contributed by atoms with Crippen LogP contribution >= 0.6 is 0 Å². The maximum absolute atomic E-state index is 12.6. The summed E-state index contributed by atoms with van der Waals surface area (Å²) in [6, 6.07) is 14.8. The van der Waals surface area contributed by atoms with E-state index in [0.29, 0.717) is 18.5 Å². The monoisotopic (exact) mass is 373 g/mol. The number of carboxylic acids is 1. The van der Waals surface area contributed by atoms with Crippen LogP contribution in [0, 0.1) is 5.92 Å². The molecule has 7 heteroatoms. The third kappa shape index (κ3) is 3.94. The van der Waals surface area contributed by atoms with E-state index < -0.39 is 21.7 Å². The molecule has 1 aliphatic rings. The summed E-state index contributed by atoms with van der Waals surface area (Å²) in [6.07, 6.45) is 0.410. The Morgan fingerprint density at radius 1 is 1.08 bits per heavy atom. The summed E-state index contributed by atoms with van der Waals surface area (Å²) >= 11 is 0. The second kappa shape index (κ2) is 7.29. The van der Waals surface area contributed by atoms with E-state index in [1.54, 1.807) is 30.3 Å². The van der Waals surface area contributed by atoms with E-state index in [1.165, 1.54) is 23.1 Å². The zero-order chi connectivity index (χ0) is 18.7. The maximum Gasteiger partial charge on any atom is 0.308 e. The zero-order valence-corrected chi connectivity index (χ0v) is 14.9. The number of carbonyl (C=O) groups excluding carboxylic acids is 1. The van der Waals surface area contributed by atoms with E-state index in [9.17, 15) is 18.0 Å². The normalized spacial score (nSPS) is 17.2. The molecule has 0 spiro atoms. The van der Waals surface area contributed by atoms with Crippen molar-refractivity contribution in [2.24, 2.45) is 5.92 Å². The number of carbonyl (C=O) groups is 2. The number of aliphatic carboxylic acids is 1. The third-order valence-corrected chi connectivity index (χ3v) is 6.15. The van der Waals surface area contributed by atoms with Crippen LogP contribution in [0.25, 0.3) is 0 Å². The second-order valence-corrected chi connectivity index (χ2v) is 8.34. The van der Waals surface area contributed by atoms with Crippen molar-refractivity contribution in [3.8, 4) is 0 Å². The van der Waals surface area contributed by atoms with Crippen molar-refractivity contribution in [3.05, 3.63) is 65.7 Å². The van der Waals surface area contributed by atoms with Gasteiger partial charge >= 0.3 is 5.97 Å². The van der Waals surface area contributed by atoms with E-state index in [1.807, 2.05) is 6.07 Å². The molecule has 0 radical (unpaired) electrons. The zero-order valence-electron chi connectivity index (χ0n) is 14.0. The highest BCUT2D eigenvalue weighted by atomic mass is 32.2. The highest BCUT2D eigenvalue weighted by Gasteiger charge is 2.31. The lowest BCUT2D eigenvalue weighted by Gasteiger charge is -2.16. The molecule has 1 N–H and O–H groups in total. The van der Waals surface area contributed by atoms with Crippen molar-refractivity contribution < 1.29 is 23.1 Å². The van der Waals surface area contributed by atoms with Crippen LogP contribution in [0.1, 0.15) is 22.3 Å². The van der Waals surface area contributed by atoms with Crippen molar-refractivity contribution in [2.45, 2.75) is 17.1 Å². The number of amides is 1. The van der Waals surface area contributed by atoms with E-state index in [4.69, 9.17) is 5.11 Å². The third-order valence-electron chi connectivity index (χ3n) is 4.46. The lowest BCUT2D eigenvalue weighted by atomic mass is 10.1. The molecule has 0 unspecified atom stereocenters. The summed E-state index contributed by atoms with van der Waals surface area (Å²) in [6.45, 7) is 0.506. The second-order valence-electron chi connectivity index (χ2n) is 6.35. The van der Waals surface area contributed by atoms with Gasteiger partial charge in [0.1, 0.15) is 0 Å². The molecular formula is C19H19NO5S. The quantitative estimate of drug-likeness (QED) is 0.868. The molecule has 1 fully saturated rings. The summed E-state index contributed by atoms with van der Waals surface area (Å²) in [7, 11) is -3.58. The molecule has 136 valence electrons. The molecule has 2 aromatic carbocycles. The fourth-order valence-corrected chi connectivity index (χ4v) is 4.42. The summed E-state index contributed by atoms with van der Waals surface area (Å²) in [5.74, 6) is -1.97. The Labute approximate surface area is 152 Å². The number of hydrogen-bond acceptors (Lipinski definition) is 4. The standard InChI is InChI=1S/C19H19NO5S/c21-18(20-10-9-16(12-20)19(22)23)15-7-4-8-17(11-15)26(24,25)13-14-5-2-1-3-6-14/h1-8,11,16H,9-10,12-13H2,(H,22,23)/t16-/m1/s1. The highest BCUT2D eigenvalue weighted by Crippen LogP contribution is 2.22. The molecule has 1 saturated heterocycles. The largest absolute Gasteiger partial charge is 0.481 e. The lowest BCUT2D eigenvalue weighted by molar-refractivity contribution is -0.141. The molecule has 0 saturated carbocycles. The van der Waals surface area contributed by atoms with E-state index >= 15 is 0 Å². The van der Waals surface area contributed by atoms with Crippen LogP contribution in [0.2, 0.25) is 0 Å². The average Bonchev–Trinajstić information content (AvgIpc) is 3.12. The van der Waals surface area contributed by atoms with Crippen LogP contribution in [0.15, 0.2) is 59.5 Å². The fraction of sp³-hybridized carbons (Fsp3) is 0.263. The Morgan fingerprint density at radius 2 is 1.81 bits per heavy atom. The van der Waals surface area contributed by atoms with Gasteiger partial charge in [-0.05, 0) is 30.2 Å². The van der Waals surface area contributed by atoms with Gasteiger partial charge in [0.15, 0.2) is 9.84 Å². The van der Waals surface area contributed by atoms with Gasteiger partial charge in [0.05, 0.1) is 16.6 Å². The van der Waals surface area contributed by atoms with Gasteiger partial charge in [-0.15, -0.1) is 0 Å². The first kappa shape index (κ1) is 18.1. The highest BCUT2D eigenvalue weighted by molar-refractivity contribution is 7.90. The Bertz CT molecular complexity index is 924. The van der Waals surface area contributed by atoms with E-state index in [0.717, 1.165) is 0 Å². The van der Waals surface area contributed by atoms with Gasteiger partial charge in [0, 0.05) is 18.7 Å².